The topological polar surface area (TPSA) is 22.1 Å². The minimum atomic E-state index is 0.596. The molecule has 0 unspecified atom stereocenters. The molecule has 0 saturated carbocycles. The summed E-state index contributed by atoms with van der Waals surface area (Å²) in [6.07, 6.45) is 1.79. The SMILES string of the molecule is Cc1cnc(Oc2ccc(C)c(C)c2)c(Br)c1. The number of hydrogen-bond donors (Lipinski definition) is 0. The molecule has 1 heterocycles. The molecule has 0 bridgehead atoms. The van der Waals surface area contributed by atoms with E-state index in [0.717, 1.165) is 15.8 Å². The van der Waals surface area contributed by atoms with Crippen LogP contribution >= 0.6 is 15.9 Å². The van der Waals surface area contributed by atoms with Crippen molar-refractivity contribution >= 4 is 15.9 Å². The van der Waals surface area contributed by atoms with Gasteiger partial charge in [0.25, 0.3) is 0 Å². The lowest BCUT2D eigenvalue weighted by Gasteiger charge is -2.08. The lowest BCUT2D eigenvalue weighted by atomic mass is 10.1. The van der Waals surface area contributed by atoms with Crippen molar-refractivity contribution in [1.82, 2.24) is 4.98 Å². The van der Waals surface area contributed by atoms with E-state index in [4.69, 9.17) is 4.74 Å². The predicted octanol–water partition coefficient (Wildman–Crippen LogP) is 4.56. The Bertz CT molecular complexity index is 552. The van der Waals surface area contributed by atoms with Crippen molar-refractivity contribution in [2.75, 3.05) is 0 Å². The van der Waals surface area contributed by atoms with Gasteiger partial charge in [0.2, 0.25) is 5.88 Å². The Morgan fingerprint density at radius 2 is 1.82 bits per heavy atom. The first-order chi connectivity index (χ1) is 8.06. The van der Waals surface area contributed by atoms with E-state index in [2.05, 4.69) is 34.8 Å². The van der Waals surface area contributed by atoms with Crippen molar-refractivity contribution in [2.24, 2.45) is 0 Å². The second-order valence-corrected chi connectivity index (χ2v) is 5.00. The van der Waals surface area contributed by atoms with E-state index in [9.17, 15) is 0 Å². The summed E-state index contributed by atoms with van der Waals surface area (Å²) in [4.78, 5) is 4.26. The van der Waals surface area contributed by atoms with Crippen LogP contribution in [0.3, 0.4) is 0 Å². The third kappa shape index (κ3) is 2.86. The van der Waals surface area contributed by atoms with E-state index in [0.29, 0.717) is 5.88 Å². The molecule has 0 aliphatic heterocycles. The van der Waals surface area contributed by atoms with Gasteiger partial charge in [-0.1, -0.05) is 6.07 Å². The van der Waals surface area contributed by atoms with Crippen LogP contribution in [-0.2, 0) is 0 Å². The molecule has 0 N–H and O–H groups in total. The van der Waals surface area contributed by atoms with Gasteiger partial charge in [0.1, 0.15) is 5.75 Å². The minimum absolute atomic E-state index is 0.596. The molecule has 0 radical (unpaired) electrons. The first kappa shape index (κ1) is 12.1. The minimum Gasteiger partial charge on any atom is -0.438 e. The zero-order valence-electron chi connectivity index (χ0n) is 10.1. The molecular formula is C14H14BrNO. The van der Waals surface area contributed by atoms with Gasteiger partial charge in [-0.05, 0) is 71.6 Å². The predicted molar refractivity (Wildman–Crippen MR) is 72.7 cm³/mol. The lowest BCUT2D eigenvalue weighted by molar-refractivity contribution is 0.459. The molecule has 88 valence electrons. The number of aromatic nitrogens is 1. The molecule has 0 spiro atoms. The Morgan fingerprint density at radius 1 is 1.06 bits per heavy atom. The Kier molecular flexibility index (Phi) is 3.48. The summed E-state index contributed by atoms with van der Waals surface area (Å²) in [5.41, 5.74) is 3.57. The maximum atomic E-state index is 5.74. The van der Waals surface area contributed by atoms with Crippen LogP contribution in [0, 0.1) is 20.8 Å². The standard InChI is InChI=1S/C14H14BrNO/c1-9-6-13(15)14(16-8-9)17-12-5-4-10(2)11(3)7-12/h4-8H,1-3H3. The van der Waals surface area contributed by atoms with Gasteiger partial charge in [0, 0.05) is 6.20 Å². The van der Waals surface area contributed by atoms with Gasteiger partial charge in [0.05, 0.1) is 4.47 Å². The molecule has 1 aromatic carbocycles. The number of aryl methyl sites for hydroxylation is 3. The lowest BCUT2D eigenvalue weighted by Crippen LogP contribution is -1.91. The quantitative estimate of drug-likeness (QED) is 0.809. The summed E-state index contributed by atoms with van der Waals surface area (Å²) in [5, 5.41) is 0. The van der Waals surface area contributed by atoms with Gasteiger partial charge >= 0.3 is 0 Å². The van der Waals surface area contributed by atoms with E-state index in [1.54, 1.807) is 6.20 Å². The highest BCUT2D eigenvalue weighted by atomic mass is 79.9. The monoisotopic (exact) mass is 291 g/mol. The van der Waals surface area contributed by atoms with Gasteiger partial charge in [-0.15, -0.1) is 0 Å². The fourth-order valence-electron chi connectivity index (χ4n) is 1.49. The van der Waals surface area contributed by atoms with Crippen LogP contribution in [0.1, 0.15) is 16.7 Å². The average molecular weight is 292 g/mol. The van der Waals surface area contributed by atoms with Crippen molar-refractivity contribution in [3.8, 4) is 11.6 Å². The van der Waals surface area contributed by atoms with Crippen molar-refractivity contribution < 1.29 is 4.74 Å². The zero-order chi connectivity index (χ0) is 12.4. The second kappa shape index (κ2) is 4.88. The zero-order valence-corrected chi connectivity index (χ0v) is 11.7. The van der Waals surface area contributed by atoms with Crippen LogP contribution in [0.2, 0.25) is 0 Å². The molecule has 3 heteroatoms. The summed E-state index contributed by atoms with van der Waals surface area (Å²) >= 11 is 3.45. The summed E-state index contributed by atoms with van der Waals surface area (Å²) < 4.78 is 6.61. The Hall–Kier alpha value is -1.35. The van der Waals surface area contributed by atoms with Gasteiger partial charge in [-0.2, -0.15) is 0 Å². The first-order valence-corrected chi connectivity index (χ1v) is 6.23. The normalized spacial score (nSPS) is 10.4. The first-order valence-electron chi connectivity index (χ1n) is 5.43. The maximum absolute atomic E-state index is 5.74. The molecular weight excluding hydrogens is 278 g/mol. The molecule has 0 aliphatic rings. The average Bonchev–Trinajstić information content (AvgIpc) is 2.27. The highest BCUT2D eigenvalue weighted by Gasteiger charge is 2.05. The largest absolute Gasteiger partial charge is 0.438 e. The maximum Gasteiger partial charge on any atom is 0.233 e. The molecule has 1 aromatic heterocycles. The van der Waals surface area contributed by atoms with Gasteiger partial charge < -0.3 is 4.74 Å². The molecule has 2 aromatic rings. The molecule has 2 rings (SSSR count). The summed E-state index contributed by atoms with van der Waals surface area (Å²) in [6, 6.07) is 8.01. The van der Waals surface area contributed by atoms with Crippen LogP contribution in [0.4, 0.5) is 0 Å². The van der Waals surface area contributed by atoms with E-state index >= 15 is 0 Å². The number of hydrogen-bond acceptors (Lipinski definition) is 2. The van der Waals surface area contributed by atoms with Gasteiger partial charge in [0.15, 0.2) is 0 Å². The van der Waals surface area contributed by atoms with Crippen molar-refractivity contribution in [2.45, 2.75) is 20.8 Å². The van der Waals surface area contributed by atoms with Crippen LogP contribution in [-0.4, -0.2) is 4.98 Å². The van der Waals surface area contributed by atoms with Crippen LogP contribution in [0.15, 0.2) is 34.9 Å². The van der Waals surface area contributed by atoms with Crippen molar-refractivity contribution in [3.05, 3.63) is 51.6 Å². The van der Waals surface area contributed by atoms with E-state index in [1.807, 2.05) is 31.2 Å². The molecule has 0 aliphatic carbocycles. The van der Waals surface area contributed by atoms with Crippen LogP contribution in [0.25, 0.3) is 0 Å². The molecule has 2 nitrogen and oxygen atoms in total. The number of pyridine rings is 1. The molecule has 0 fully saturated rings. The van der Waals surface area contributed by atoms with Crippen molar-refractivity contribution in [3.63, 3.8) is 0 Å². The van der Waals surface area contributed by atoms with Gasteiger partial charge in [-0.3, -0.25) is 0 Å². The highest BCUT2D eigenvalue weighted by Crippen LogP contribution is 2.28. The van der Waals surface area contributed by atoms with Crippen LogP contribution in [0.5, 0.6) is 11.6 Å². The molecule has 0 saturated heterocycles. The number of benzene rings is 1. The summed E-state index contributed by atoms with van der Waals surface area (Å²) in [5.74, 6) is 1.41. The number of nitrogens with zero attached hydrogens (tertiary/aromatic N) is 1. The van der Waals surface area contributed by atoms with Crippen molar-refractivity contribution in [1.29, 1.82) is 0 Å². The Morgan fingerprint density at radius 3 is 2.47 bits per heavy atom. The second-order valence-electron chi connectivity index (χ2n) is 4.15. The van der Waals surface area contributed by atoms with E-state index < -0.39 is 0 Å². The molecule has 17 heavy (non-hydrogen) atoms. The smallest absolute Gasteiger partial charge is 0.233 e. The number of halogens is 1. The number of rotatable bonds is 2. The fraction of sp³-hybridized carbons (Fsp3) is 0.214. The molecule has 0 amide bonds. The van der Waals surface area contributed by atoms with Gasteiger partial charge in [-0.25, -0.2) is 4.98 Å². The number of ether oxygens (including phenoxy) is 1. The third-order valence-corrected chi connectivity index (χ3v) is 3.21. The van der Waals surface area contributed by atoms with Crippen LogP contribution < -0.4 is 4.74 Å². The van der Waals surface area contributed by atoms with E-state index in [1.165, 1.54) is 11.1 Å². The summed E-state index contributed by atoms with van der Waals surface area (Å²) in [7, 11) is 0. The Labute approximate surface area is 110 Å². The fourth-order valence-corrected chi connectivity index (χ4v) is 2.03. The van der Waals surface area contributed by atoms with E-state index in [-0.39, 0.29) is 0 Å². The highest BCUT2D eigenvalue weighted by molar-refractivity contribution is 9.10. The molecule has 0 atom stereocenters. The summed E-state index contributed by atoms with van der Waals surface area (Å²) in [6.45, 7) is 6.15. The Balaban J connectivity index is 2.28. The third-order valence-electron chi connectivity index (χ3n) is 2.64.